The minimum absolute atomic E-state index is 0.252. The van der Waals surface area contributed by atoms with E-state index in [1.165, 1.54) is 24.3 Å². The molecule has 5 nitrogen and oxygen atoms in total. The number of rotatable bonds is 5. The van der Waals surface area contributed by atoms with Crippen molar-refractivity contribution in [3.63, 3.8) is 0 Å². The van der Waals surface area contributed by atoms with Crippen molar-refractivity contribution < 1.29 is 14.3 Å². The smallest absolute Gasteiger partial charge is 0.272 e. The summed E-state index contributed by atoms with van der Waals surface area (Å²) in [6, 6.07) is 16.0. The number of hydrogen-bond donors (Lipinski definition) is 2. The number of benzene rings is 2. The van der Waals surface area contributed by atoms with Crippen LogP contribution >= 0.6 is 0 Å². The van der Waals surface area contributed by atoms with Crippen LogP contribution in [0, 0.1) is 5.82 Å². The summed E-state index contributed by atoms with van der Waals surface area (Å²) in [5.41, 5.74) is 1.63. The number of aliphatic hydroxyl groups is 1. The highest BCUT2D eigenvalue weighted by atomic mass is 19.1. The number of carbonyl (C=O) groups is 1. The van der Waals surface area contributed by atoms with E-state index in [-0.39, 0.29) is 17.4 Å². The molecule has 0 saturated carbocycles. The van der Waals surface area contributed by atoms with Crippen molar-refractivity contribution in [2.45, 2.75) is 19.1 Å². The lowest BCUT2D eigenvalue weighted by Gasteiger charge is -2.20. The van der Waals surface area contributed by atoms with Gasteiger partial charge in [0.15, 0.2) is 5.69 Å². The number of nitrogens with zero attached hydrogens (tertiary/aromatic N) is 2. The van der Waals surface area contributed by atoms with Crippen LogP contribution in [0.5, 0.6) is 0 Å². The fourth-order valence-corrected chi connectivity index (χ4v) is 2.48. The summed E-state index contributed by atoms with van der Waals surface area (Å²) in [5.74, 6) is -0.762. The van der Waals surface area contributed by atoms with Crippen molar-refractivity contribution in [3.8, 4) is 5.69 Å². The Morgan fingerprint density at radius 1 is 1.12 bits per heavy atom. The molecule has 0 radical (unpaired) electrons. The Morgan fingerprint density at radius 3 is 2.48 bits per heavy atom. The maximum atomic E-state index is 13.0. The second-order valence-electron chi connectivity index (χ2n) is 5.74. The molecule has 1 amide bonds. The molecule has 0 aliphatic carbocycles. The van der Waals surface area contributed by atoms with E-state index in [0.29, 0.717) is 5.56 Å². The Hall–Kier alpha value is -2.99. The molecule has 0 spiro atoms. The topological polar surface area (TPSA) is 67.2 Å². The van der Waals surface area contributed by atoms with Gasteiger partial charge in [-0.05, 0) is 42.8 Å². The maximum Gasteiger partial charge on any atom is 0.272 e. The molecule has 3 rings (SSSR count). The van der Waals surface area contributed by atoms with E-state index < -0.39 is 12.1 Å². The maximum absolute atomic E-state index is 13.0. The van der Waals surface area contributed by atoms with Crippen LogP contribution in [0.25, 0.3) is 5.69 Å². The zero-order valence-corrected chi connectivity index (χ0v) is 13.6. The molecule has 0 fully saturated rings. The van der Waals surface area contributed by atoms with Gasteiger partial charge in [0.25, 0.3) is 5.91 Å². The van der Waals surface area contributed by atoms with Gasteiger partial charge in [0, 0.05) is 6.20 Å². The summed E-state index contributed by atoms with van der Waals surface area (Å²) >= 11 is 0. The summed E-state index contributed by atoms with van der Waals surface area (Å²) < 4.78 is 14.6. The molecule has 1 heterocycles. The third kappa shape index (κ3) is 3.92. The van der Waals surface area contributed by atoms with Crippen LogP contribution < -0.4 is 5.32 Å². The molecule has 128 valence electrons. The predicted octanol–water partition coefficient (Wildman–Crippen LogP) is 2.86. The third-order valence-corrected chi connectivity index (χ3v) is 3.89. The van der Waals surface area contributed by atoms with Crippen molar-refractivity contribution in [1.82, 2.24) is 15.1 Å². The molecular formula is C19H18FN3O2. The molecule has 25 heavy (non-hydrogen) atoms. The number of halogens is 1. The first-order chi connectivity index (χ1) is 12.0. The Morgan fingerprint density at radius 2 is 1.80 bits per heavy atom. The third-order valence-electron chi connectivity index (χ3n) is 3.89. The van der Waals surface area contributed by atoms with Crippen LogP contribution in [0.1, 0.15) is 29.1 Å². The molecule has 3 aromatic rings. The minimum atomic E-state index is -0.944. The highest BCUT2D eigenvalue weighted by molar-refractivity contribution is 5.92. The first kappa shape index (κ1) is 16.9. The number of hydrogen-bond acceptors (Lipinski definition) is 3. The zero-order valence-electron chi connectivity index (χ0n) is 13.6. The van der Waals surface area contributed by atoms with Crippen LogP contribution in [-0.4, -0.2) is 26.8 Å². The van der Waals surface area contributed by atoms with Gasteiger partial charge in [-0.3, -0.25) is 4.79 Å². The number of para-hydroxylation sites is 1. The Labute approximate surface area is 144 Å². The fourth-order valence-electron chi connectivity index (χ4n) is 2.48. The van der Waals surface area contributed by atoms with Crippen molar-refractivity contribution in [3.05, 3.63) is 83.9 Å². The molecule has 1 aromatic heterocycles. The first-order valence-corrected chi connectivity index (χ1v) is 7.90. The number of aromatic nitrogens is 2. The van der Waals surface area contributed by atoms with Gasteiger partial charge in [-0.25, -0.2) is 9.07 Å². The normalized spacial score (nSPS) is 13.2. The largest absolute Gasteiger partial charge is 0.386 e. The molecule has 0 aliphatic heterocycles. The van der Waals surface area contributed by atoms with Crippen LogP contribution in [0.3, 0.4) is 0 Å². The van der Waals surface area contributed by atoms with Crippen LogP contribution in [0.15, 0.2) is 66.9 Å². The van der Waals surface area contributed by atoms with Crippen LogP contribution in [0.4, 0.5) is 4.39 Å². The lowest BCUT2D eigenvalue weighted by molar-refractivity contribution is 0.0847. The van der Waals surface area contributed by atoms with Gasteiger partial charge in [0.2, 0.25) is 0 Å². The molecular weight excluding hydrogens is 321 g/mol. The highest BCUT2D eigenvalue weighted by Gasteiger charge is 2.20. The van der Waals surface area contributed by atoms with E-state index in [2.05, 4.69) is 10.4 Å². The van der Waals surface area contributed by atoms with E-state index in [1.807, 2.05) is 30.3 Å². The van der Waals surface area contributed by atoms with E-state index >= 15 is 0 Å². The summed E-state index contributed by atoms with van der Waals surface area (Å²) in [6.45, 7) is 1.68. The number of carbonyl (C=O) groups excluding carboxylic acids is 1. The Balaban J connectivity index is 1.67. The van der Waals surface area contributed by atoms with Gasteiger partial charge in [-0.2, -0.15) is 5.10 Å². The Kier molecular flexibility index (Phi) is 4.90. The molecule has 0 aliphatic rings. The summed E-state index contributed by atoms with van der Waals surface area (Å²) in [6.07, 6.45) is 0.756. The zero-order chi connectivity index (χ0) is 17.8. The molecule has 2 unspecified atom stereocenters. The summed E-state index contributed by atoms with van der Waals surface area (Å²) in [5, 5.41) is 17.3. The fraction of sp³-hybridized carbons (Fsp3) is 0.158. The van der Waals surface area contributed by atoms with Crippen molar-refractivity contribution in [1.29, 1.82) is 0 Å². The lowest BCUT2D eigenvalue weighted by Crippen LogP contribution is -2.37. The summed E-state index contributed by atoms with van der Waals surface area (Å²) in [4.78, 5) is 12.3. The SMILES string of the molecule is CC(NC(=O)c1ccn(-c2ccccc2)n1)C(O)c1ccc(F)cc1. The van der Waals surface area contributed by atoms with Gasteiger partial charge in [-0.1, -0.05) is 30.3 Å². The minimum Gasteiger partial charge on any atom is -0.386 e. The van der Waals surface area contributed by atoms with Crippen molar-refractivity contribution in [2.75, 3.05) is 0 Å². The van der Waals surface area contributed by atoms with E-state index in [1.54, 1.807) is 23.9 Å². The predicted molar refractivity (Wildman–Crippen MR) is 91.9 cm³/mol. The average Bonchev–Trinajstić information content (AvgIpc) is 3.13. The van der Waals surface area contributed by atoms with Crippen LogP contribution in [0.2, 0.25) is 0 Å². The lowest BCUT2D eigenvalue weighted by atomic mass is 10.0. The van der Waals surface area contributed by atoms with E-state index in [4.69, 9.17) is 0 Å². The molecule has 0 bridgehead atoms. The molecule has 6 heteroatoms. The molecule has 0 saturated heterocycles. The second-order valence-corrected chi connectivity index (χ2v) is 5.74. The van der Waals surface area contributed by atoms with Crippen molar-refractivity contribution in [2.24, 2.45) is 0 Å². The molecule has 2 aromatic carbocycles. The van der Waals surface area contributed by atoms with Crippen molar-refractivity contribution >= 4 is 5.91 Å². The molecule has 2 N–H and O–H groups in total. The highest BCUT2D eigenvalue weighted by Crippen LogP contribution is 2.17. The second kappa shape index (κ2) is 7.27. The van der Waals surface area contributed by atoms with E-state index in [9.17, 15) is 14.3 Å². The monoisotopic (exact) mass is 339 g/mol. The van der Waals surface area contributed by atoms with Crippen LogP contribution in [-0.2, 0) is 0 Å². The van der Waals surface area contributed by atoms with Gasteiger partial charge < -0.3 is 10.4 Å². The standard InChI is InChI=1S/C19H18FN3O2/c1-13(18(24)14-7-9-15(20)10-8-14)21-19(25)17-11-12-23(22-17)16-5-3-2-4-6-16/h2-13,18,24H,1H3,(H,21,25). The molecule has 2 atom stereocenters. The van der Waals surface area contributed by atoms with Gasteiger partial charge in [-0.15, -0.1) is 0 Å². The quantitative estimate of drug-likeness (QED) is 0.751. The van der Waals surface area contributed by atoms with Gasteiger partial charge in [0.1, 0.15) is 5.82 Å². The number of aliphatic hydroxyl groups excluding tert-OH is 1. The van der Waals surface area contributed by atoms with E-state index in [0.717, 1.165) is 5.69 Å². The van der Waals surface area contributed by atoms with Gasteiger partial charge in [0.05, 0.1) is 17.8 Å². The Bertz CT molecular complexity index is 847. The average molecular weight is 339 g/mol. The number of amides is 1. The number of nitrogens with one attached hydrogen (secondary N) is 1. The van der Waals surface area contributed by atoms with Gasteiger partial charge >= 0.3 is 0 Å². The first-order valence-electron chi connectivity index (χ1n) is 7.90. The summed E-state index contributed by atoms with van der Waals surface area (Å²) in [7, 11) is 0.